The number of halogens is 3. The number of aryl methyl sites for hydroxylation is 1. The second-order valence-electron chi connectivity index (χ2n) is 7.22. The molecule has 32 heavy (non-hydrogen) atoms. The first-order valence-electron chi connectivity index (χ1n) is 9.67. The summed E-state index contributed by atoms with van der Waals surface area (Å²) in [6, 6.07) is 17.2. The van der Waals surface area contributed by atoms with Crippen LogP contribution in [0.2, 0.25) is 0 Å². The summed E-state index contributed by atoms with van der Waals surface area (Å²) in [5.41, 5.74) is 1.47. The summed E-state index contributed by atoms with van der Waals surface area (Å²) in [4.78, 5) is 14.8. The molecule has 0 atom stereocenters. The summed E-state index contributed by atoms with van der Waals surface area (Å²) in [5, 5.41) is 11.6. The highest BCUT2D eigenvalue weighted by molar-refractivity contribution is 5.97. The largest absolute Gasteiger partial charge is 0.489 e. The van der Waals surface area contributed by atoms with Gasteiger partial charge in [0.2, 0.25) is 0 Å². The van der Waals surface area contributed by atoms with Crippen molar-refractivity contribution in [2.75, 3.05) is 0 Å². The Kier molecular flexibility index (Phi) is 5.52. The van der Waals surface area contributed by atoms with Crippen LogP contribution in [0.15, 0.2) is 72.9 Å². The van der Waals surface area contributed by atoms with E-state index in [1.165, 1.54) is 18.3 Å². The number of nitrogens with zero attached hydrogens (tertiary/aromatic N) is 2. The molecule has 5 nitrogen and oxygen atoms in total. The van der Waals surface area contributed by atoms with Crippen molar-refractivity contribution in [2.24, 2.45) is 0 Å². The monoisotopic (exact) mass is 438 g/mol. The zero-order valence-corrected chi connectivity index (χ0v) is 16.9. The number of nitro groups is 1. The van der Waals surface area contributed by atoms with E-state index in [-0.39, 0.29) is 17.8 Å². The van der Waals surface area contributed by atoms with Crippen molar-refractivity contribution >= 4 is 16.6 Å². The average molecular weight is 438 g/mol. The zero-order chi connectivity index (χ0) is 22.9. The van der Waals surface area contributed by atoms with Crippen LogP contribution in [0.5, 0.6) is 5.75 Å². The molecule has 4 rings (SSSR count). The average Bonchev–Trinajstić information content (AvgIpc) is 2.76. The molecule has 8 heteroatoms. The Hall–Kier alpha value is -3.94. The van der Waals surface area contributed by atoms with Gasteiger partial charge in [-0.25, -0.2) is 0 Å². The van der Waals surface area contributed by atoms with Gasteiger partial charge in [-0.3, -0.25) is 15.1 Å². The number of nitro benzene ring substituents is 1. The van der Waals surface area contributed by atoms with Crippen molar-refractivity contribution in [3.8, 4) is 16.9 Å². The molecule has 0 saturated carbocycles. The summed E-state index contributed by atoms with van der Waals surface area (Å²) in [5.74, 6) is 0.442. The number of ether oxygens (including phenoxy) is 1. The number of benzene rings is 3. The molecule has 0 spiro atoms. The third-order valence-electron chi connectivity index (χ3n) is 5.10. The van der Waals surface area contributed by atoms with Gasteiger partial charge >= 0.3 is 6.18 Å². The summed E-state index contributed by atoms with van der Waals surface area (Å²) < 4.78 is 46.2. The van der Waals surface area contributed by atoms with E-state index < -0.39 is 16.7 Å². The lowest BCUT2D eigenvalue weighted by Crippen LogP contribution is -2.07. The van der Waals surface area contributed by atoms with E-state index in [2.05, 4.69) is 4.98 Å². The van der Waals surface area contributed by atoms with Crippen molar-refractivity contribution in [3.05, 3.63) is 99.7 Å². The van der Waals surface area contributed by atoms with Crippen LogP contribution in [0, 0.1) is 17.0 Å². The Labute approximate surface area is 181 Å². The second-order valence-corrected chi connectivity index (χ2v) is 7.22. The lowest BCUT2D eigenvalue weighted by atomic mass is 9.95. The molecule has 1 aromatic heterocycles. The molecule has 0 aliphatic carbocycles. The lowest BCUT2D eigenvalue weighted by Gasteiger charge is -2.15. The molecule has 0 bridgehead atoms. The Morgan fingerprint density at radius 3 is 2.53 bits per heavy atom. The normalized spacial score (nSPS) is 11.5. The second kappa shape index (κ2) is 8.30. The highest BCUT2D eigenvalue weighted by atomic mass is 19.4. The minimum absolute atomic E-state index is 0.0189. The van der Waals surface area contributed by atoms with Gasteiger partial charge in [0.25, 0.3) is 5.69 Å². The van der Waals surface area contributed by atoms with Gasteiger partial charge in [0.1, 0.15) is 12.4 Å². The minimum atomic E-state index is -4.52. The van der Waals surface area contributed by atoms with Crippen molar-refractivity contribution in [2.45, 2.75) is 19.7 Å². The van der Waals surface area contributed by atoms with Gasteiger partial charge in [-0.15, -0.1) is 0 Å². The summed E-state index contributed by atoms with van der Waals surface area (Å²) >= 11 is 0. The third-order valence-corrected chi connectivity index (χ3v) is 5.10. The molecule has 0 amide bonds. The molecule has 0 unspecified atom stereocenters. The van der Waals surface area contributed by atoms with Crippen LogP contribution in [-0.4, -0.2) is 9.91 Å². The summed E-state index contributed by atoms with van der Waals surface area (Å²) in [6.07, 6.45) is -3.10. The molecule has 1 heterocycles. The van der Waals surface area contributed by atoms with E-state index >= 15 is 0 Å². The van der Waals surface area contributed by atoms with Crippen LogP contribution >= 0.6 is 0 Å². The highest BCUT2D eigenvalue weighted by Gasteiger charge is 2.33. The Morgan fingerprint density at radius 1 is 1.03 bits per heavy atom. The van der Waals surface area contributed by atoms with Crippen LogP contribution < -0.4 is 4.74 Å². The number of para-hydroxylation sites is 2. The molecule has 4 aromatic rings. The molecule has 0 N–H and O–H groups in total. The number of aromatic nitrogens is 1. The van der Waals surface area contributed by atoms with Crippen LogP contribution in [0.3, 0.4) is 0 Å². The molecule has 162 valence electrons. The van der Waals surface area contributed by atoms with E-state index in [0.29, 0.717) is 33.4 Å². The number of hydrogen-bond donors (Lipinski definition) is 0. The maximum absolute atomic E-state index is 13.5. The van der Waals surface area contributed by atoms with Crippen LogP contribution in [0.4, 0.5) is 18.9 Å². The van der Waals surface area contributed by atoms with E-state index in [4.69, 9.17) is 4.74 Å². The van der Waals surface area contributed by atoms with Gasteiger partial charge in [-0.05, 0) is 47.9 Å². The highest BCUT2D eigenvalue weighted by Crippen LogP contribution is 2.38. The molecular weight excluding hydrogens is 421 g/mol. The first kappa shape index (κ1) is 21.3. The molecule has 0 aliphatic rings. The Morgan fingerprint density at radius 2 is 1.78 bits per heavy atom. The first-order chi connectivity index (χ1) is 15.3. The SMILES string of the molecule is Cc1cnc2c(C(F)(F)F)cccc2c1-c1cccc(OCc2ccccc2[N+](=O)[O-])c1. The van der Waals surface area contributed by atoms with E-state index in [9.17, 15) is 23.3 Å². The third kappa shape index (κ3) is 4.12. The number of alkyl halides is 3. The molecule has 0 radical (unpaired) electrons. The fraction of sp³-hybridized carbons (Fsp3) is 0.125. The Balaban J connectivity index is 1.73. The van der Waals surface area contributed by atoms with Gasteiger partial charge in [0, 0.05) is 17.6 Å². The van der Waals surface area contributed by atoms with Crippen molar-refractivity contribution in [1.82, 2.24) is 4.98 Å². The fourth-order valence-corrected chi connectivity index (χ4v) is 3.65. The lowest BCUT2D eigenvalue weighted by molar-refractivity contribution is -0.385. The number of rotatable bonds is 5. The smallest absolute Gasteiger partial charge is 0.418 e. The maximum Gasteiger partial charge on any atom is 0.418 e. The van der Waals surface area contributed by atoms with Crippen LogP contribution in [0.25, 0.3) is 22.0 Å². The summed E-state index contributed by atoms with van der Waals surface area (Å²) in [6.45, 7) is 1.76. The van der Waals surface area contributed by atoms with Gasteiger partial charge in [0.15, 0.2) is 0 Å². The van der Waals surface area contributed by atoms with Crippen molar-refractivity contribution in [1.29, 1.82) is 0 Å². The predicted octanol–water partition coefficient (Wildman–Crippen LogP) is 6.72. The zero-order valence-electron chi connectivity index (χ0n) is 16.9. The number of fused-ring (bicyclic) bond motifs is 1. The standard InChI is InChI=1S/C24H17F3N2O3/c1-15-13-28-23-19(9-5-10-20(23)24(25,26)27)22(15)16-7-4-8-18(12-16)32-14-17-6-2-3-11-21(17)29(30)31/h2-13H,14H2,1H3. The number of hydrogen-bond acceptors (Lipinski definition) is 4. The van der Waals surface area contributed by atoms with E-state index in [1.54, 1.807) is 55.5 Å². The fourth-order valence-electron chi connectivity index (χ4n) is 3.65. The summed E-state index contributed by atoms with van der Waals surface area (Å²) in [7, 11) is 0. The van der Waals surface area contributed by atoms with Crippen molar-refractivity contribution in [3.63, 3.8) is 0 Å². The Bertz CT molecular complexity index is 1320. The van der Waals surface area contributed by atoms with E-state index in [0.717, 1.165) is 6.07 Å². The molecule has 0 aliphatic heterocycles. The van der Waals surface area contributed by atoms with Crippen LogP contribution in [-0.2, 0) is 12.8 Å². The molecule has 3 aromatic carbocycles. The topological polar surface area (TPSA) is 65.3 Å². The minimum Gasteiger partial charge on any atom is -0.489 e. The van der Waals surface area contributed by atoms with Crippen molar-refractivity contribution < 1.29 is 22.8 Å². The molecular formula is C24H17F3N2O3. The quantitative estimate of drug-likeness (QED) is 0.256. The maximum atomic E-state index is 13.5. The van der Waals surface area contributed by atoms with Gasteiger partial charge in [-0.1, -0.05) is 36.4 Å². The predicted molar refractivity (Wildman–Crippen MR) is 114 cm³/mol. The molecule has 0 fully saturated rings. The first-order valence-corrected chi connectivity index (χ1v) is 9.67. The number of pyridine rings is 1. The van der Waals surface area contributed by atoms with Gasteiger partial charge in [-0.2, -0.15) is 13.2 Å². The molecule has 0 saturated heterocycles. The van der Waals surface area contributed by atoms with Gasteiger partial charge in [0.05, 0.1) is 21.6 Å². The van der Waals surface area contributed by atoms with Gasteiger partial charge < -0.3 is 4.74 Å². The van der Waals surface area contributed by atoms with E-state index in [1.807, 2.05) is 0 Å². The van der Waals surface area contributed by atoms with Crippen LogP contribution in [0.1, 0.15) is 16.7 Å².